The summed E-state index contributed by atoms with van der Waals surface area (Å²) >= 11 is 0. The first-order valence-corrected chi connectivity index (χ1v) is 27.5. The summed E-state index contributed by atoms with van der Waals surface area (Å²) in [6.07, 6.45) is 4.73. The zero-order chi connectivity index (χ0) is 58.6. The first-order chi connectivity index (χ1) is 40.1. The molecule has 0 aromatic heterocycles. The summed E-state index contributed by atoms with van der Waals surface area (Å²) in [7, 11) is 1.41. The Labute approximate surface area is 481 Å². The molecule has 83 heavy (non-hydrogen) atoms. The molecular formula is C69H62O14. The number of methoxy groups -OCH3 is 1. The van der Waals surface area contributed by atoms with E-state index in [1.807, 2.05) is 48.5 Å². The second kappa shape index (κ2) is 26.3. The highest BCUT2D eigenvalue weighted by Gasteiger charge is 2.36. The van der Waals surface area contributed by atoms with Crippen LogP contribution in [0.25, 0.3) is 11.1 Å². The van der Waals surface area contributed by atoms with E-state index in [2.05, 4.69) is 27.7 Å². The van der Waals surface area contributed by atoms with Gasteiger partial charge in [0.25, 0.3) is 0 Å². The number of hydrogen-bond acceptors (Lipinski definition) is 14. The van der Waals surface area contributed by atoms with Crippen LogP contribution in [0.5, 0.6) is 40.2 Å². The Balaban J connectivity index is 0.716. The van der Waals surface area contributed by atoms with E-state index < -0.39 is 47.8 Å². The van der Waals surface area contributed by atoms with Gasteiger partial charge < -0.3 is 38.3 Å². The SMILES string of the molecule is CCCc1ccc(C(=O)Oc2ccc(C(=O)Oc3ccc(CCC(=O)Oc4ccc5c(c4)C(C)(C)c4cc(OC(=O)CCc6ccc(OC(=O)c7ccc(OC(=O)c8ccc(CCC)cc8)c(OC)c7)cc6)ccc4-5)cc3)cc2CO)cc1. The van der Waals surface area contributed by atoms with Crippen molar-refractivity contribution in [3.63, 3.8) is 0 Å². The van der Waals surface area contributed by atoms with Crippen LogP contribution in [-0.4, -0.2) is 48.0 Å². The normalized spacial score (nSPS) is 11.8. The van der Waals surface area contributed by atoms with Crippen LogP contribution in [0.2, 0.25) is 0 Å². The van der Waals surface area contributed by atoms with Gasteiger partial charge in [0.2, 0.25) is 0 Å². The Morgan fingerprint density at radius 1 is 0.386 bits per heavy atom. The number of esters is 6. The summed E-state index contributed by atoms with van der Waals surface area (Å²) in [6.45, 7) is 7.83. The quantitative estimate of drug-likeness (QED) is 0.0499. The third kappa shape index (κ3) is 14.3. The van der Waals surface area contributed by atoms with Crippen LogP contribution >= 0.6 is 0 Å². The molecule has 0 saturated carbocycles. The Morgan fingerprint density at radius 2 is 0.759 bits per heavy atom. The predicted octanol–water partition coefficient (Wildman–Crippen LogP) is 13.4. The molecule has 1 aliphatic rings. The summed E-state index contributed by atoms with van der Waals surface area (Å²) in [5.74, 6) is -1.42. The summed E-state index contributed by atoms with van der Waals surface area (Å²) in [4.78, 5) is 78.1. The van der Waals surface area contributed by atoms with Crippen molar-refractivity contribution in [2.75, 3.05) is 7.11 Å². The van der Waals surface area contributed by atoms with Crippen LogP contribution in [0.3, 0.4) is 0 Å². The molecule has 0 fully saturated rings. The lowest BCUT2D eigenvalue weighted by molar-refractivity contribution is -0.135. The highest BCUT2D eigenvalue weighted by atomic mass is 16.6. The monoisotopic (exact) mass is 1110 g/mol. The van der Waals surface area contributed by atoms with E-state index in [1.165, 1.54) is 43.5 Å². The van der Waals surface area contributed by atoms with Crippen molar-refractivity contribution in [1.29, 1.82) is 0 Å². The maximum atomic E-state index is 13.2. The van der Waals surface area contributed by atoms with E-state index in [-0.39, 0.29) is 52.5 Å². The molecule has 0 spiro atoms. The molecule has 8 aromatic rings. The highest BCUT2D eigenvalue weighted by Crippen LogP contribution is 2.50. The van der Waals surface area contributed by atoms with Gasteiger partial charge >= 0.3 is 35.8 Å². The van der Waals surface area contributed by atoms with Crippen molar-refractivity contribution in [2.24, 2.45) is 0 Å². The third-order valence-corrected chi connectivity index (χ3v) is 14.3. The van der Waals surface area contributed by atoms with Crippen LogP contribution in [0.4, 0.5) is 0 Å². The van der Waals surface area contributed by atoms with Crippen LogP contribution in [0.1, 0.15) is 134 Å². The van der Waals surface area contributed by atoms with E-state index in [4.69, 9.17) is 33.2 Å². The Hall–Kier alpha value is -9.66. The molecule has 1 aliphatic carbocycles. The number of rotatable bonds is 22. The minimum Gasteiger partial charge on any atom is -0.493 e. The molecule has 0 aliphatic heterocycles. The van der Waals surface area contributed by atoms with Gasteiger partial charge in [0.15, 0.2) is 11.5 Å². The average Bonchev–Trinajstić information content (AvgIpc) is 3.86. The van der Waals surface area contributed by atoms with E-state index in [0.717, 1.165) is 70.2 Å². The van der Waals surface area contributed by atoms with Crippen LogP contribution in [-0.2, 0) is 47.3 Å². The van der Waals surface area contributed by atoms with Gasteiger partial charge in [0.05, 0.1) is 36.0 Å². The molecule has 0 bridgehead atoms. The van der Waals surface area contributed by atoms with Crippen LogP contribution in [0.15, 0.2) is 170 Å². The van der Waals surface area contributed by atoms with Crippen molar-refractivity contribution >= 4 is 35.8 Å². The fourth-order valence-electron chi connectivity index (χ4n) is 9.78. The van der Waals surface area contributed by atoms with Crippen molar-refractivity contribution in [1.82, 2.24) is 0 Å². The van der Waals surface area contributed by atoms with Gasteiger partial charge in [-0.3, -0.25) is 9.59 Å². The van der Waals surface area contributed by atoms with E-state index in [0.29, 0.717) is 41.2 Å². The van der Waals surface area contributed by atoms with Crippen LogP contribution in [0, 0.1) is 0 Å². The molecule has 0 unspecified atom stereocenters. The number of carbonyl (C=O) groups is 6. The first kappa shape index (κ1) is 58.0. The smallest absolute Gasteiger partial charge is 0.343 e. The fourth-order valence-corrected chi connectivity index (χ4v) is 9.78. The van der Waals surface area contributed by atoms with E-state index in [9.17, 15) is 33.9 Å². The second-order valence-corrected chi connectivity index (χ2v) is 20.6. The summed E-state index contributed by atoms with van der Waals surface area (Å²) in [5, 5.41) is 10.0. The Kier molecular flexibility index (Phi) is 18.4. The number of aliphatic hydroxyl groups is 1. The molecule has 422 valence electrons. The molecule has 1 N–H and O–H groups in total. The fraction of sp³-hybridized carbons (Fsp3) is 0.217. The van der Waals surface area contributed by atoms with Gasteiger partial charge in [0.1, 0.15) is 28.7 Å². The maximum Gasteiger partial charge on any atom is 0.343 e. The van der Waals surface area contributed by atoms with Crippen molar-refractivity contribution < 1.29 is 67.0 Å². The molecule has 0 saturated heterocycles. The lowest BCUT2D eigenvalue weighted by Gasteiger charge is -2.22. The van der Waals surface area contributed by atoms with Crippen molar-refractivity contribution in [2.45, 2.75) is 91.1 Å². The summed E-state index contributed by atoms with van der Waals surface area (Å²) in [5.41, 5.74) is 8.60. The number of ether oxygens (including phenoxy) is 7. The summed E-state index contributed by atoms with van der Waals surface area (Å²) < 4.78 is 39.4. The topological polar surface area (TPSA) is 187 Å². The zero-order valence-corrected chi connectivity index (χ0v) is 46.8. The maximum absolute atomic E-state index is 13.2. The standard InChI is InChI=1S/C69H62O14/c1-6-8-43-10-20-47(21-11-43)65(73)82-60-34-24-49(38-51(60)42-70)67(75)80-52-26-14-45(15-27-52)18-36-63(71)78-54-30-32-56-57-33-31-55(41-59(57)69(3,4)58(56)40-54)79-64(72)37-19-46-16-28-53(29-17-46)81-68(76)50-25-35-61(62(39-50)77-5)83-66(74)48-22-12-44(9-7-2)13-23-48/h10-17,20-35,38-41,70H,6-9,18-19,36-37,42H2,1-5H3. The number of benzene rings is 8. The number of fused-ring (bicyclic) bond motifs is 3. The lowest BCUT2D eigenvalue weighted by Crippen LogP contribution is -2.16. The number of hydrogen-bond donors (Lipinski definition) is 1. The van der Waals surface area contributed by atoms with E-state index >= 15 is 0 Å². The molecule has 9 rings (SSSR count). The van der Waals surface area contributed by atoms with Crippen LogP contribution < -0.4 is 33.2 Å². The first-order valence-electron chi connectivity index (χ1n) is 27.5. The predicted molar refractivity (Wildman–Crippen MR) is 311 cm³/mol. The average molecular weight is 1120 g/mol. The van der Waals surface area contributed by atoms with Gasteiger partial charge in [-0.05, 0) is 179 Å². The third-order valence-electron chi connectivity index (χ3n) is 14.3. The molecular weight excluding hydrogens is 1050 g/mol. The molecule has 0 heterocycles. The van der Waals surface area contributed by atoms with Crippen molar-refractivity contribution in [3.05, 3.63) is 231 Å². The van der Waals surface area contributed by atoms with Crippen molar-refractivity contribution in [3.8, 4) is 51.4 Å². The Morgan fingerprint density at radius 3 is 1.19 bits per heavy atom. The highest BCUT2D eigenvalue weighted by molar-refractivity contribution is 5.95. The van der Waals surface area contributed by atoms with Gasteiger partial charge in [-0.1, -0.05) is 101 Å². The number of aryl methyl sites for hydroxylation is 4. The molecule has 0 radical (unpaired) electrons. The molecule has 14 nitrogen and oxygen atoms in total. The minimum atomic E-state index is -0.668. The van der Waals surface area contributed by atoms with Gasteiger partial charge in [0, 0.05) is 23.8 Å². The van der Waals surface area contributed by atoms with Gasteiger partial charge in [-0.15, -0.1) is 0 Å². The van der Waals surface area contributed by atoms with Gasteiger partial charge in [-0.2, -0.15) is 0 Å². The molecule has 0 atom stereocenters. The second-order valence-electron chi connectivity index (χ2n) is 20.6. The minimum absolute atomic E-state index is 0.0888. The van der Waals surface area contributed by atoms with Gasteiger partial charge in [-0.25, -0.2) is 19.2 Å². The summed E-state index contributed by atoms with van der Waals surface area (Å²) in [6, 6.07) is 47.9. The zero-order valence-electron chi connectivity index (χ0n) is 46.8. The lowest BCUT2D eigenvalue weighted by atomic mass is 9.82. The largest absolute Gasteiger partial charge is 0.493 e. The molecule has 0 amide bonds. The number of carbonyl (C=O) groups excluding carboxylic acids is 6. The molecule has 8 aromatic carbocycles. The number of aliphatic hydroxyl groups excluding tert-OH is 1. The molecule has 14 heteroatoms. The van der Waals surface area contributed by atoms with E-state index in [1.54, 1.807) is 84.9 Å². The Bertz CT molecular complexity index is 3450.